The fourth-order valence-corrected chi connectivity index (χ4v) is 12.5. The highest BCUT2D eigenvalue weighted by molar-refractivity contribution is 6.07. The number of azo groups is 1. The zero-order valence-corrected chi connectivity index (χ0v) is 48.1. The number of unbranched alkanes of at least 4 members (excludes halogenated alkanes) is 1. The summed E-state index contributed by atoms with van der Waals surface area (Å²) in [6.07, 6.45) is 9.53. The quantitative estimate of drug-likeness (QED) is 0.0176. The summed E-state index contributed by atoms with van der Waals surface area (Å²) in [5.74, 6) is 1.31. The van der Waals surface area contributed by atoms with Gasteiger partial charge < -0.3 is 60.1 Å². The number of fused-ring (bicyclic) bond motifs is 8. The highest BCUT2D eigenvalue weighted by atomic mass is 16.7. The van der Waals surface area contributed by atoms with Crippen LogP contribution in [-0.2, 0) is 29.1 Å². The lowest BCUT2D eigenvalue weighted by Gasteiger charge is -2.49. The van der Waals surface area contributed by atoms with Crippen molar-refractivity contribution < 1.29 is 62.4 Å². The molecule has 85 heavy (non-hydrogen) atoms. The number of benzene rings is 4. The van der Waals surface area contributed by atoms with Crippen LogP contribution in [-0.4, -0.2) is 119 Å². The first kappa shape index (κ1) is 57.5. The van der Waals surface area contributed by atoms with Crippen LogP contribution in [0.3, 0.4) is 0 Å². The minimum atomic E-state index is -0.754. The van der Waals surface area contributed by atoms with E-state index in [1.54, 1.807) is 56.7 Å². The topological polar surface area (TPSA) is 275 Å². The molecule has 7 aromatic rings. The number of rotatable bonds is 18. The minimum Gasteiger partial charge on any atom is -0.507 e. The highest BCUT2D eigenvalue weighted by Crippen LogP contribution is 2.48. The van der Waals surface area contributed by atoms with Crippen LogP contribution < -0.4 is 39.9 Å². The number of pyridine rings is 2. The van der Waals surface area contributed by atoms with E-state index in [2.05, 4.69) is 43.4 Å². The van der Waals surface area contributed by atoms with Gasteiger partial charge in [0.15, 0.2) is 35.7 Å². The van der Waals surface area contributed by atoms with E-state index in [0.29, 0.717) is 76.1 Å². The van der Waals surface area contributed by atoms with Crippen molar-refractivity contribution in [3.63, 3.8) is 0 Å². The molecule has 5 unspecified atom stereocenters. The van der Waals surface area contributed by atoms with Crippen molar-refractivity contribution in [1.29, 1.82) is 0 Å². The molecule has 2 aliphatic carbocycles. The zero-order chi connectivity index (χ0) is 59.7. The summed E-state index contributed by atoms with van der Waals surface area (Å²) >= 11 is 0. The van der Waals surface area contributed by atoms with Gasteiger partial charge in [0.2, 0.25) is 12.5 Å². The number of anilines is 1. The number of carbonyl (C=O) groups is 5. The molecule has 5 atom stereocenters. The molecule has 3 aromatic heterocycles. The lowest BCUT2D eigenvalue weighted by atomic mass is 9.61. The number of ether oxygens (including phenoxy) is 5. The molecule has 0 spiro atoms. The van der Waals surface area contributed by atoms with Crippen LogP contribution in [0.5, 0.6) is 28.7 Å². The van der Waals surface area contributed by atoms with E-state index in [4.69, 9.17) is 29.4 Å². The number of hydrogen-bond donors (Lipinski definition) is 5. The standard InChI is InChI=1S/C63H68N10O12/c1-36-24-38-25-41(31-63(2,80)30-38)55(36)67-56-44-18-21-73(59(44)66-32-47(56)58(64)76)61(78)70(3)22-23-71(4)62(79)82-34-37-9-12-42(13-10-37)68-69-43-14-15-50(74)46(28-43)60(77)65-19-7-6-8-54(75)85-57-48-33-72-20-17-40-27-52-53(84-35-83-52)29-45(40)49(72)26-39(48)11-16-51(57)81-5/h9-16,18,21,26-29,32-33,36,38,41,55,80H,6-8,17,19-20,22-25,30-31,34-35H2,1-5H3,(H4-,64,65,66,67,68,74,76,77)/p+1. The van der Waals surface area contributed by atoms with Crippen molar-refractivity contribution in [3.8, 4) is 40.0 Å². The molecule has 11 rings (SSSR count). The number of amides is 4. The lowest BCUT2D eigenvalue weighted by Crippen LogP contribution is -2.50. The normalized spacial score (nSPS) is 19.2. The minimum absolute atomic E-state index is 0.00740. The van der Waals surface area contributed by atoms with E-state index < -0.39 is 35.5 Å². The van der Waals surface area contributed by atoms with Crippen LogP contribution in [0.2, 0.25) is 0 Å². The van der Waals surface area contributed by atoms with E-state index in [1.165, 1.54) is 51.4 Å². The maximum atomic E-state index is 13.8. The molecule has 4 aliphatic rings. The van der Waals surface area contributed by atoms with Crippen molar-refractivity contribution in [2.45, 2.75) is 90.0 Å². The van der Waals surface area contributed by atoms with Gasteiger partial charge in [0.1, 0.15) is 18.0 Å². The van der Waals surface area contributed by atoms with Gasteiger partial charge in [-0.3, -0.25) is 19.0 Å². The molecule has 0 radical (unpaired) electrons. The molecule has 2 bridgehead atoms. The average molecular weight is 1160 g/mol. The SMILES string of the molecule is COc1ccc2cc3[n+](cc2c1OC(=O)CCCCNC(=O)c1cc(/N=N/c2ccc(COC(=O)N(C)CCN(C)C(=O)n4ccc5c(NC6C(C)CC7CC6CC(C)(O)C7)c(C(N)=O)cnc54)cc2)ccc1O)CCc1cc2c(cc1-3)OCO2. The number of esters is 1. The second-order valence-corrected chi connectivity index (χ2v) is 23.0. The number of phenolic OH excluding ortho intramolecular Hbond substituents is 1. The molecule has 2 fully saturated rings. The van der Waals surface area contributed by atoms with Gasteiger partial charge in [0.05, 0.1) is 51.8 Å². The Morgan fingerprint density at radius 3 is 2.46 bits per heavy atom. The van der Waals surface area contributed by atoms with E-state index in [9.17, 15) is 34.2 Å². The summed E-state index contributed by atoms with van der Waals surface area (Å²) in [5, 5.41) is 38.8. The number of methoxy groups -OCH3 is 1. The van der Waals surface area contributed by atoms with Gasteiger partial charge in [-0.05, 0) is 140 Å². The molecule has 5 heterocycles. The molecule has 0 saturated heterocycles. The number of nitrogens with one attached hydrogen (secondary N) is 2. The molecular weight excluding hydrogens is 1090 g/mol. The molecule has 2 saturated carbocycles. The number of carbonyl (C=O) groups excluding carboxylic acids is 5. The maximum absolute atomic E-state index is 13.8. The van der Waals surface area contributed by atoms with Gasteiger partial charge in [-0.25, -0.2) is 14.6 Å². The number of phenols is 1. The second kappa shape index (κ2) is 24.1. The Balaban J connectivity index is 0.621. The van der Waals surface area contributed by atoms with E-state index >= 15 is 0 Å². The van der Waals surface area contributed by atoms with Gasteiger partial charge >= 0.3 is 18.1 Å². The summed E-state index contributed by atoms with van der Waals surface area (Å²) in [6.45, 7) is 5.54. The van der Waals surface area contributed by atoms with Crippen LogP contribution in [0, 0.1) is 17.8 Å². The number of primary amides is 1. The second-order valence-electron chi connectivity index (χ2n) is 23.0. The summed E-state index contributed by atoms with van der Waals surface area (Å²) in [7, 11) is 4.73. The van der Waals surface area contributed by atoms with Gasteiger partial charge in [-0.1, -0.05) is 19.1 Å². The van der Waals surface area contributed by atoms with E-state index in [-0.39, 0.29) is 74.2 Å². The Kier molecular flexibility index (Phi) is 16.3. The highest BCUT2D eigenvalue weighted by Gasteiger charge is 2.45. The van der Waals surface area contributed by atoms with Crippen LogP contribution >= 0.6 is 0 Å². The van der Waals surface area contributed by atoms with Crippen LogP contribution in [0.25, 0.3) is 33.1 Å². The van der Waals surface area contributed by atoms with Crippen LogP contribution in [0.1, 0.15) is 90.6 Å². The average Bonchev–Trinajstić information content (AvgIpc) is 1.99. The maximum Gasteiger partial charge on any atom is 0.409 e. The number of aromatic nitrogens is 3. The Morgan fingerprint density at radius 2 is 1.67 bits per heavy atom. The van der Waals surface area contributed by atoms with Gasteiger partial charge in [-0.15, -0.1) is 0 Å². The molecule has 4 aromatic carbocycles. The Hall–Kier alpha value is -9.31. The molecule has 6 N–H and O–H groups in total. The Morgan fingerprint density at radius 1 is 0.906 bits per heavy atom. The molecule has 22 heteroatoms. The summed E-state index contributed by atoms with van der Waals surface area (Å²) in [4.78, 5) is 73.3. The molecule has 442 valence electrons. The number of hydrogen-bond acceptors (Lipinski definition) is 16. The summed E-state index contributed by atoms with van der Waals surface area (Å²) in [5.41, 5.74) is 10.9. The van der Waals surface area contributed by atoms with Gasteiger partial charge in [-0.2, -0.15) is 14.8 Å². The first-order valence-corrected chi connectivity index (χ1v) is 28.6. The third kappa shape index (κ3) is 12.4. The number of nitrogens with two attached hydrogens (primary N) is 1. The van der Waals surface area contributed by atoms with Crippen molar-refractivity contribution in [2.75, 3.05) is 52.9 Å². The number of aromatic hydroxyl groups is 1. The van der Waals surface area contributed by atoms with Crippen molar-refractivity contribution in [3.05, 3.63) is 120 Å². The fourth-order valence-electron chi connectivity index (χ4n) is 12.5. The third-order valence-corrected chi connectivity index (χ3v) is 16.7. The number of aryl methyl sites for hydroxylation is 2. The Labute approximate surface area is 490 Å². The molecule has 22 nitrogen and oxygen atoms in total. The van der Waals surface area contributed by atoms with Crippen LogP contribution in [0.15, 0.2) is 108 Å². The summed E-state index contributed by atoms with van der Waals surface area (Å²) < 4.78 is 31.9. The zero-order valence-electron chi connectivity index (χ0n) is 48.1. The first-order valence-electron chi connectivity index (χ1n) is 28.6. The van der Waals surface area contributed by atoms with Gasteiger partial charge in [0.25, 0.3) is 11.8 Å². The van der Waals surface area contributed by atoms with E-state index in [1.807, 2.05) is 31.3 Å². The summed E-state index contributed by atoms with van der Waals surface area (Å²) in [6, 6.07) is 22.4. The van der Waals surface area contributed by atoms with Crippen molar-refractivity contribution >= 4 is 68.8 Å². The number of nitrogens with zero attached hydrogens (tertiary/aromatic N) is 7. The molecule has 4 amide bonds. The fraction of sp³-hybridized carbons (Fsp3) is 0.381. The van der Waals surface area contributed by atoms with E-state index in [0.717, 1.165) is 60.0 Å². The van der Waals surface area contributed by atoms with Crippen LogP contribution in [0.4, 0.5) is 26.7 Å². The molecular formula is C63H69N10O12+. The first-order chi connectivity index (χ1) is 40.9. The lowest BCUT2D eigenvalue weighted by molar-refractivity contribution is -0.686. The predicted octanol–water partition coefficient (Wildman–Crippen LogP) is 9.32. The molecule has 2 aliphatic heterocycles. The van der Waals surface area contributed by atoms with Gasteiger partial charge in [0, 0.05) is 76.5 Å². The van der Waals surface area contributed by atoms with Crippen molar-refractivity contribution in [2.24, 2.45) is 33.7 Å². The number of aliphatic hydroxyl groups is 1. The number of likely N-dealkylation sites (N-methyl/N-ethyl adjacent to an activating group) is 2. The van der Waals surface area contributed by atoms with Crippen molar-refractivity contribution in [1.82, 2.24) is 24.7 Å². The third-order valence-electron chi connectivity index (χ3n) is 16.7. The monoisotopic (exact) mass is 1160 g/mol. The Bertz CT molecular complexity index is 3790. The smallest absolute Gasteiger partial charge is 0.409 e. The largest absolute Gasteiger partial charge is 0.507 e. The predicted molar refractivity (Wildman–Crippen MR) is 314 cm³/mol.